The summed E-state index contributed by atoms with van der Waals surface area (Å²) < 4.78 is 0. The van der Waals surface area contributed by atoms with Gasteiger partial charge in [0.05, 0.1) is 0 Å². The Bertz CT molecular complexity index is 282. The molecule has 1 fully saturated rings. The summed E-state index contributed by atoms with van der Waals surface area (Å²) >= 11 is 0. The van der Waals surface area contributed by atoms with E-state index in [2.05, 4.69) is 40.5 Å². The Kier molecular flexibility index (Phi) is 7.25. The molecular weight excluding hydrogens is 232 g/mol. The fourth-order valence-corrected chi connectivity index (χ4v) is 2.28. The number of halogens is 1. The summed E-state index contributed by atoms with van der Waals surface area (Å²) in [7, 11) is 0. The lowest BCUT2D eigenvalue weighted by molar-refractivity contribution is 0.289. The lowest BCUT2D eigenvalue weighted by atomic mass is 10.1. The van der Waals surface area contributed by atoms with Gasteiger partial charge in [-0.1, -0.05) is 30.3 Å². The lowest BCUT2D eigenvalue weighted by Gasteiger charge is -2.18. The highest BCUT2D eigenvalue weighted by Crippen LogP contribution is 2.04. The molecular formula is C14H23ClN2. The van der Waals surface area contributed by atoms with Gasteiger partial charge >= 0.3 is 0 Å². The Balaban J connectivity index is 0.00000144. The van der Waals surface area contributed by atoms with E-state index in [9.17, 15) is 0 Å². The third-order valence-electron chi connectivity index (χ3n) is 3.22. The van der Waals surface area contributed by atoms with Crippen LogP contribution in [0.3, 0.4) is 0 Å². The van der Waals surface area contributed by atoms with Crippen molar-refractivity contribution in [3.05, 3.63) is 35.9 Å². The maximum Gasteiger partial charge on any atom is 0.0107 e. The molecule has 0 unspecified atom stereocenters. The van der Waals surface area contributed by atoms with Crippen molar-refractivity contribution < 1.29 is 0 Å². The van der Waals surface area contributed by atoms with Crippen LogP contribution in [0.2, 0.25) is 0 Å². The van der Waals surface area contributed by atoms with Crippen LogP contribution in [0.15, 0.2) is 30.3 Å². The van der Waals surface area contributed by atoms with Gasteiger partial charge in [0, 0.05) is 13.1 Å². The molecule has 2 rings (SSSR count). The predicted octanol–water partition coefficient (Wildman–Crippen LogP) is 2.34. The molecule has 0 aromatic heterocycles. The number of aryl methyl sites for hydroxylation is 1. The van der Waals surface area contributed by atoms with E-state index in [1.54, 1.807) is 0 Å². The van der Waals surface area contributed by atoms with Crippen molar-refractivity contribution in [2.45, 2.75) is 19.3 Å². The van der Waals surface area contributed by atoms with Crippen molar-refractivity contribution in [3.63, 3.8) is 0 Å². The molecule has 0 saturated carbocycles. The zero-order chi connectivity index (χ0) is 11.1. The number of hydrogen-bond donors (Lipinski definition) is 1. The van der Waals surface area contributed by atoms with Crippen LogP contribution in [0.25, 0.3) is 0 Å². The maximum atomic E-state index is 3.44. The second-order valence-electron chi connectivity index (χ2n) is 4.53. The van der Waals surface area contributed by atoms with Crippen LogP contribution in [-0.2, 0) is 6.42 Å². The zero-order valence-corrected chi connectivity index (χ0v) is 11.2. The first-order valence-electron chi connectivity index (χ1n) is 6.42. The maximum absolute atomic E-state index is 3.44. The molecule has 96 valence electrons. The minimum absolute atomic E-state index is 0. The van der Waals surface area contributed by atoms with Gasteiger partial charge in [-0.25, -0.2) is 0 Å². The Labute approximate surface area is 111 Å². The van der Waals surface area contributed by atoms with Crippen molar-refractivity contribution in [2.75, 3.05) is 32.7 Å². The Hall–Kier alpha value is -0.570. The van der Waals surface area contributed by atoms with Crippen molar-refractivity contribution in [1.82, 2.24) is 10.2 Å². The van der Waals surface area contributed by atoms with Gasteiger partial charge < -0.3 is 10.2 Å². The SMILES string of the molecule is Cl.c1ccc(CCCN2CCCNCC2)cc1. The van der Waals surface area contributed by atoms with Crippen LogP contribution in [0, 0.1) is 0 Å². The first-order chi connectivity index (χ1) is 7.95. The topological polar surface area (TPSA) is 15.3 Å². The molecule has 2 nitrogen and oxygen atoms in total. The number of nitrogens with one attached hydrogen (secondary N) is 1. The first-order valence-corrected chi connectivity index (χ1v) is 6.42. The highest BCUT2D eigenvalue weighted by molar-refractivity contribution is 5.85. The Morgan fingerprint density at radius 2 is 1.88 bits per heavy atom. The summed E-state index contributed by atoms with van der Waals surface area (Å²) in [6.07, 6.45) is 3.79. The molecule has 1 heterocycles. The van der Waals surface area contributed by atoms with Crippen molar-refractivity contribution in [2.24, 2.45) is 0 Å². The molecule has 0 atom stereocenters. The molecule has 1 N–H and O–H groups in total. The molecule has 0 spiro atoms. The normalized spacial score (nSPS) is 17.2. The van der Waals surface area contributed by atoms with Crippen molar-refractivity contribution >= 4 is 12.4 Å². The van der Waals surface area contributed by atoms with Crippen LogP contribution >= 0.6 is 12.4 Å². The molecule has 0 aliphatic carbocycles. The summed E-state index contributed by atoms with van der Waals surface area (Å²) in [4.78, 5) is 2.59. The van der Waals surface area contributed by atoms with E-state index in [4.69, 9.17) is 0 Å². The second kappa shape index (κ2) is 8.51. The summed E-state index contributed by atoms with van der Waals surface area (Å²) in [6.45, 7) is 6.08. The number of nitrogens with zero attached hydrogens (tertiary/aromatic N) is 1. The van der Waals surface area contributed by atoms with E-state index in [-0.39, 0.29) is 12.4 Å². The van der Waals surface area contributed by atoms with E-state index in [1.165, 1.54) is 51.0 Å². The van der Waals surface area contributed by atoms with Crippen molar-refractivity contribution in [3.8, 4) is 0 Å². The van der Waals surface area contributed by atoms with E-state index in [0.717, 1.165) is 6.54 Å². The second-order valence-corrected chi connectivity index (χ2v) is 4.53. The van der Waals surface area contributed by atoms with Gasteiger partial charge in [0.1, 0.15) is 0 Å². The van der Waals surface area contributed by atoms with E-state index >= 15 is 0 Å². The van der Waals surface area contributed by atoms with Crippen LogP contribution in [-0.4, -0.2) is 37.6 Å². The molecule has 0 amide bonds. The molecule has 0 bridgehead atoms. The smallest absolute Gasteiger partial charge is 0.0107 e. The summed E-state index contributed by atoms with van der Waals surface area (Å²) in [6, 6.07) is 10.8. The molecule has 1 aromatic carbocycles. The molecule has 0 radical (unpaired) electrons. The average molecular weight is 255 g/mol. The number of rotatable bonds is 4. The van der Waals surface area contributed by atoms with Crippen LogP contribution in [0.4, 0.5) is 0 Å². The van der Waals surface area contributed by atoms with Gasteiger partial charge in [0.25, 0.3) is 0 Å². The third kappa shape index (κ3) is 5.53. The predicted molar refractivity (Wildman–Crippen MR) is 75.9 cm³/mol. The van der Waals surface area contributed by atoms with Crippen molar-refractivity contribution in [1.29, 1.82) is 0 Å². The van der Waals surface area contributed by atoms with Gasteiger partial charge in [-0.15, -0.1) is 12.4 Å². The van der Waals surface area contributed by atoms with E-state index < -0.39 is 0 Å². The average Bonchev–Trinajstić information content (AvgIpc) is 2.59. The van der Waals surface area contributed by atoms with Crippen LogP contribution in [0.1, 0.15) is 18.4 Å². The summed E-state index contributed by atoms with van der Waals surface area (Å²) in [5.41, 5.74) is 1.47. The molecule has 17 heavy (non-hydrogen) atoms. The standard InChI is InChI=1S/C14H22N2.ClH/c1-2-6-14(7-3-1)8-4-11-16-12-5-9-15-10-13-16;/h1-3,6-7,15H,4-5,8-13H2;1H. The van der Waals surface area contributed by atoms with Gasteiger partial charge in [0.2, 0.25) is 0 Å². The van der Waals surface area contributed by atoms with E-state index in [0.29, 0.717) is 0 Å². The Morgan fingerprint density at radius 1 is 1.06 bits per heavy atom. The van der Waals surface area contributed by atoms with Gasteiger partial charge in [-0.3, -0.25) is 0 Å². The molecule has 3 heteroatoms. The van der Waals surface area contributed by atoms with Crippen LogP contribution < -0.4 is 5.32 Å². The largest absolute Gasteiger partial charge is 0.315 e. The minimum Gasteiger partial charge on any atom is -0.315 e. The quantitative estimate of drug-likeness (QED) is 0.887. The molecule has 1 saturated heterocycles. The third-order valence-corrected chi connectivity index (χ3v) is 3.22. The molecule has 1 aliphatic rings. The minimum atomic E-state index is 0. The number of benzene rings is 1. The fourth-order valence-electron chi connectivity index (χ4n) is 2.28. The fraction of sp³-hybridized carbons (Fsp3) is 0.571. The lowest BCUT2D eigenvalue weighted by Crippen LogP contribution is -2.29. The first kappa shape index (κ1) is 14.5. The van der Waals surface area contributed by atoms with E-state index in [1.807, 2.05) is 0 Å². The van der Waals surface area contributed by atoms with Gasteiger partial charge in [-0.05, 0) is 44.5 Å². The molecule has 1 aliphatic heterocycles. The van der Waals surface area contributed by atoms with Gasteiger partial charge in [0.15, 0.2) is 0 Å². The summed E-state index contributed by atoms with van der Waals surface area (Å²) in [5.74, 6) is 0. The summed E-state index contributed by atoms with van der Waals surface area (Å²) in [5, 5.41) is 3.44. The number of hydrogen-bond acceptors (Lipinski definition) is 2. The zero-order valence-electron chi connectivity index (χ0n) is 10.4. The van der Waals surface area contributed by atoms with Gasteiger partial charge in [-0.2, -0.15) is 0 Å². The Morgan fingerprint density at radius 3 is 2.71 bits per heavy atom. The molecule has 1 aromatic rings. The monoisotopic (exact) mass is 254 g/mol. The highest BCUT2D eigenvalue weighted by Gasteiger charge is 2.07. The highest BCUT2D eigenvalue weighted by atomic mass is 35.5. The van der Waals surface area contributed by atoms with Crippen LogP contribution in [0.5, 0.6) is 0 Å².